The van der Waals surface area contributed by atoms with Gasteiger partial charge < -0.3 is 15.0 Å². The van der Waals surface area contributed by atoms with Gasteiger partial charge in [0.2, 0.25) is 5.91 Å². The minimum absolute atomic E-state index is 0.181. The number of carbonyl (C=O) groups excluding carboxylic acids is 2. The molecule has 28 heavy (non-hydrogen) atoms. The van der Waals surface area contributed by atoms with E-state index < -0.39 is 6.04 Å². The molecule has 150 valence electrons. The number of rotatable bonds is 8. The Hall–Kier alpha value is -2.41. The van der Waals surface area contributed by atoms with Gasteiger partial charge in [0.15, 0.2) is 6.61 Å². The molecule has 0 aliphatic rings. The second kappa shape index (κ2) is 10.2. The van der Waals surface area contributed by atoms with E-state index >= 15 is 0 Å². The molecular weight excluding hydrogens is 427 g/mol. The quantitative estimate of drug-likeness (QED) is 0.664. The standard InChI is InChI=1S/C21H24BrFN2O3/c1-4-24-21(27)15(3)25(12-16-5-7-17(23)8-6-16)20(26)13-28-18-9-10-19(22)14(2)11-18/h5-11,15H,4,12-13H2,1-3H3,(H,24,27)/t15-/m0/s1. The molecule has 2 amide bonds. The summed E-state index contributed by atoms with van der Waals surface area (Å²) in [6.45, 7) is 5.85. The van der Waals surface area contributed by atoms with E-state index in [1.54, 1.807) is 25.1 Å². The number of amides is 2. The van der Waals surface area contributed by atoms with Gasteiger partial charge in [-0.3, -0.25) is 9.59 Å². The van der Waals surface area contributed by atoms with Crippen molar-refractivity contribution in [2.24, 2.45) is 0 Å². The first-order valence-corrected chi connectivity index (χ1v) is 9.81. The summed E-state index contributed by atoms with van der Waals surface area (Å²) < 4.78 is 19.8. The number of nitrogens with zero attached hydrogens (tertiary/aromatic N) is 1. The van der Waals surface area contributed by atoms with E-state index in [9.17, 15) is 14.0 Å². The number of halogens is 2. The molecule has 1 N–H and O–H groups in total. The highest BCUT2D eigenvalue weighted by molar-refractivity contribution is 9.10. The van der Waals surface area contributed by atoms with E-state index in [1.807, 2.05) is 26.0 Å². The van der Waals surface area contributed by atoms with Crippen LogP contribution in [-0.2, 0) is 16.1 Å². The summed E-state index contributed by atoms with van der Waals surface area (Å²) in [4.78, 5) is 26.5. The molecule has 2 rings (SSSR count). The molecule has 0 aliphatic heterocycles. The SMILES string of the molecule is CCNC(=O)[C@H](C)N(Cc1ccc(F)cc1)C(=O)COc1ccc(Br)c(C)c1. The van der Waals surface area contributed by atoms with Crippen molar-refractivity contribution in [1.82, 2.24) is 10.2 Å². The van der Waals surface area contributed by atoms with Crippen LogP contribution in [0, 0.1) is 12.7 Å². The molecule has 2 aromatic rings. The molecule has 7 heteroatoms. The van der Waals surface area contributed by atoms with Crippen molar-refractivity contribution in [3.8, 4) is 5.75 Å². The minimum Gasteiger partial charge on any atom is -0.484 e. The first-order chi connectivity index (χ1) is 13.3. The van der Waals surface area contributed by atoms with Crippen LogP contribution >= 0.6 is 15.9 Å². The Morgan fingerprint density at radius 3 is 2.50 bits per heavy atom. The topological polar surface area (TPSA) is 58.6 Å². The Labute approximate surface area is 173 Å². The number of benzene rings is 2. The number of carbonyl (C=O) groups is 2. The molecule has 5 nitrogen and oxygen atoms in total. The lowest BCUT2D eigenvalue weighted by Gasteiger charge is -2.28. The molecule has 0 saturated carbocycles. The van der Waals surface area contributed by atoms with Crippen molar-refractivity contribution in [2.45, 2.75) is 33.4 Å². The van der Waals surface area contributed by atoms with Crippen LogP contribution in [0.1, 0.15) is 25.0 Å². The fourth-order valence-electron chi connectivity index (χ4n) is 2.63. The number of hydrogen-bond acceptors (Lipinski definition) is 3. The molecule has 0 saturated heterocycles. The number of aryl methyl sites for hydroxylation is 1. The van der Waals surface area contributed by atoms with E-state index in [4.69, 9.17) is 4.74 Å². The van der Waals surface area contributed by atoms with Crippen LogP contribution in [0.25, 0.3) is 0 Å². The summed E-state index contributed by atoms with van der Waals surface area (Å²) in [6, 6.07) is 10.6. The van der Waals surface area contributed by atoms with E-state index in [1.165, 1.54) is 17.0 Å². The average Bonchev–Trinajstić information content (AvgIpc) is 2.68. The van der Waals surface area contributed by atoms with Crippen LogP contribution in [-0.4, -0.2) is 35.9 Å². The predicted molar refractivity (Wildman–Crippen MR) is 109 cm³/mol. The van der Waals surface area contributed by atoms with Crippen LogP contribution < -0.4 is 10.1 Å². The third kappa shape index (κ3) is 6.05. The highest BCUT2D eigenvalue weighted by Crippen LogP contribution is 2.21. The number of nitrogens with one attached hydrogen (secondary N) is 1. The van der Waals surface area contributed by atoms with Crippen LogP contribution in [0.3, 0.4) is 0 Å². The van der Waals surface area contributed by atoms with Crippen molar-refractivity contribution in [3.05, 3.63) is 63.9 Å². The maximum Gasteiger partial charge on any atom is 0.261 e. The molecule has 0 bridgehead atoms. The van der Waals surface area contributed by atoms with Gasteiger partial charge in [-0.25, -0.2) is 4.39 Å². The smallest absolute Gasteiger partial charge is 0.261 e. The first-order valence-electron chi connectivity index (χ1n) is 9.02. The summed E-state index contributed by atoms with van der Waals surface area (Å²) in [5.41, 5.74) is 1.72. The van der Waals surface area contributed by atoms with Crippen LogP contribution in [0.2, 0.25) is 0 Å². The van der Waals surface area contributed by atoms with E-state index in [-0.39, 0.29) is 30.8 Å². The number of likely N-dealkylation sites (N-methyl/N-ethyl adjacent to an activating group) is 1. The Morgan fingerprint density at radius 1 is 1.21 bits per heavy atom. The van der Waals surface area contributed by atoms with Gasteiger partial charge in [0.25, 0.3) is 5.91 Å². The zero-order valence-electron chi connectivity index (χ0n) is 16.2. The summed E-state index contributed by atoms with van der Waals surface area (Å²) in [6.07, 6.45) is 0. The molecule has 0 aromatic heterocycles. The summed E-state index contributed by atoms with van der Waals surface area (Å²) in [7, 11) is 0. The lowest BCUT2D eigenvalue weighted by atomic mass is 10.1. The number of hydrogen-bond donors (Lipinski definition) is 1. The van der Waals surface area contributed by atoms with E-state index in [2.05, 4.69) is 21.2 Å². The number of ether oxygens (including phenoxy) is 1. The maximum atomic E-state index is 13.2. The average molecular weight is 451 g/mol. The molecule has 2 aromatic carbocycles. The largest absolute Gasteiger partial charge is 0.484 e. The Morgan fingerprint density at radius 2 is 1.89 bits per heavy atom. The van der Waals surface area contributed by atoms with Crippen molar-refractivity contribution in [3.63, 3.8) is 0 Å². The lowest BCUT2D eigenvalue weighted by Crippen LogP contribution is -2.49. The molecule has 0 heterocycles. The lowest BCUT2D eigenvalue weighted by molar-refractivity contribution is -0.142. The first kappa shape index (κ1) is 21.9. The molecule has 0 aliphatic carbocycles. The Balaban J connectivity index is 2.13. The molecule has 0 unspecified atom stereocenters. The monoisotopic (exact) mass is 450 g/mol. The minimum atomic E-state index is -0.687. The van der Waals surface area contributed by atoms with Crippen molar-refractivity contribution >= 4 is 27.7 Å². The van der Waals surface area contributed by atoms with Crippen molar-refractivity contribution < 1.29 is 18.7 Å². The summed E-state index contributed by atoms with van der Waals surface area (Å²) in [5, 5.41) is 2.72. The van der Waals surface area contributed by atoms with Gasteiger partial charge in [-0.05, 0) is 62.2 Å². The molecular formula is C21H24BrFN2O3. The van der Waals surface area contributed by atoms with Gasteiger partial charge in [0.1, 0.15) is 17.6 Å². The highest BCUT2D eigenvalue weighted by atomic mass is 79.9. The molecule has 1 atom stereocenters. The Bertz CT molecular complexity index is 827. The van der Waals surface area contributed by atoms with Gasteiger partial charge >= 0.3 is 0 Å². The fraction of sp³-hybridized carbons (Fsp3) is 0.333. The molecule has 0 radical (unpaired) electrons. The van der Waals surface area contributed by atoms with E-state index in [0.717, 1.165) is 15.6 Å². The van der Waals surface area contributed by atoms with Crippen LogP contribution in [0.15, 0.2) is 46.9 Å². The second-order valence-corrected chi connectivity index (χ2v) is 7.27. The van der Waals surface area contributed by atoms with Gasteiger partial charge in [0, 0.05) is 17.6 Å². The van der Waals surface area contributed by atoms with Crippen LogP contribution in [0.4, 0.5) is 4.39 Å². The zero-order valence-corrected chi connectivity index (χ0v) is 17.8. The third-order valence-electron chi connectivity index (χ3n) is 4.28. The van der Waals surface area contributed by atoms with Gasteiger partial charge in [0.05, 0.1) is 0 Å². The Kier molecular flexibility index (Phi) is 7.99. The van der Waals surface area contributed by atoms with Gasteiger partial charge in [-0.1, -0.05) is 28.1 Å². The van der Waals surface area contributed by atoms with Crippen molar-refractivity contribution in [2.75, 3.05) is 13.2 Å². The van der Waals surface area contributed by atoms with Crippen LogP contribution in [0.5, 0.6) is 5.75 Å². The summed E-state index contributed by atoms with van der Waals surface area (Å²) in [5.74, 6) is -0.366. The van der Waals surface area contributed by atoms with Gasteiger partial charge in [-0.15, -0.1) is 0 Å². The second-order valence-electron chi connectivity index (χ2n) is 6.42. The molecule has 0 fully saturated rings. The predicted octanol–water partition coefficient (Wildman–Crippen LogP) is 3.83. The normalized spacial score (nSPS) is 11.6. The highest BCUT2D eigenvalue weighted by Gasteiger charge is 2.26. The maximum absolute atomic E-state index is 13.2. The van der Waals surface area contributed by atoms with Crippen molar-refractivity contribution in [1.29, 1.82) is 0 Å². The fourth-order valence-corrected chi connectivity index (χ4v) is 2.87. The van der Waals surface area contributed by atoms with Gasteiger partial charge in [-0.2, -0.15) is 0 Å². The zero-order chi connectivity index (χ0) is 20.7. The summed E-state index contributed by atoms with van der Waals surface area (Å²) >= 11 is 3.42. The third-order valence-corrected chi connectivity index (χ3v) is 5.17. The molecule has 0 spiro atoms. The van der Waals surface area contributed by atoms with E-state index in [0.29, 0.717) is 12.3 Å².